The number of sulfonamides is 1. The molecule has 0 heterocycles. The van der Waals surface area contributed by atoms with Crippen LogP contribution in [0.2, 0.25) is 0 Å². The minimum Gasteiger partial charge on any atom is -0.349 e. The number of carbonyl (C=O) groups excluding carboxylic acids is 1. The molecule has 0 saturated carbocycles. The van der Waals surface area contributed by atoms with E-state index in [2.05, 4.69) is 26.0 Å². The summed E-state index contributed by atoms with van der Waals surface area (Å²) >= 11 is 3.37. The van der Waals surface area contributed by atoms with Crippen LogP contribution < -0.4 is 10.0 Å². The molecule has 0 spiro atoms. The maximum atomic E-state index is 12.9. The predicted octanol–water partition coefficient (Wildman–Crippen LogP) is 3.52. The van der Waals surface area contributed by atoms with Gasteiger partial charge in [-0.05, 0) is 48.4 Å². The summed E-state index contributed by atoms with van der Waals surface area (Å²) in [6.07, 6.45) is 0.724. The van der Waals surface area contributed by atoms with Crippen molar-refractivity contribution in [1.29, 1.82) is 0 Å². The Kier molecular flexibility index (Phi) is 7.31. The van der Waals surface area contributed by atoms with Crippen LogP contribution in [-0.4, -0.2) is 20.9 Å². The third kappa shape index (κ3) is 5.89. The first-order chi connectivity index (χ1) is 12.3. The molecule has 2 N–H and O–H groups in total. The van der Waals surface area contributed by atoms with Gasteiger partial charge in [-0.1, -0.05) is 35.0 Å². The molecule has 0 aliphatic heterocycles. The van der Waals surface area contributed by atoms with Crippen LogP contribution in [-0.2, 0) is 14.8 Å². The number of halogens is 2. The van der Waals surface area contributed by atoms with Gasteiger partial charge in [0, 0.05) is 17.4 Å². The average molecular weight is 443 g/mol. The van der Waals surface area contributed by atoms with Crippen LogP contribution in [0, 0.1) is 5.82 Å². The Hall–Kier alpha value is -1.77. The van der Waals surface area contributed by atoms with Gasteiger partial charge in [-0.25, -0.2) is 17.5 Å². The lowest BCUT2D eigenvalue weighted by molar-refractivity contribution is -0.121. The molecular formula is C18H20BrFN2O3S. The quantitative estimate of drug-likeness (QED) is 0.656. The zero-order chi connectivity index (χ0) is 19.2. The van der Waals surface area contributed by atoms with Gasteiger partial charge in [0.15, 0.2) is 0 Å². The van der Waals surface area contributed by atoms with E-state index in [-0.39, 0.29) is 29.8 Å². The summed E-state index contributed by atoms with van der Waals surface area (Å²) in [5.41, 5.74) is 0.982. The average Bonchev–Trinajstić information content (AvgIpc) is 2.61. The lowest BCUT2D eigenvalue weighted by Crippen LogP contribution is -2.32. The highest BCUT2D eigenvalue weighted by Crippen LogP contribution is 2.19. The summed E-state index contributed by atoms with van der Waals surface area (Å²) in [4.78, 5) is 12.1. The summed E-state index contributed by atoms with van der Waals surface area (Å²) in [6.45, 7) is 1.92. The van der Waals surface area contributed by atoms with Gasteiger partial charge in [0.05, 0.1) is 10.9 Å². The number of carbonyl (C=O) groups is 1. The van der Waals surface area contributed by atoms with E-state index in [9.17, 15) is 17.6 Å². The van der Waals surface area contributed by atoms with Crippen molar-refractivity contribution in [3.63, 3.8) is 0 Å². The normalized spacial score (nSPS) is 12.6. The van der Waals surface area contributed by atoms with Crippen LogP contribution in [0.5, 0.6) is 0 Å². The van der Waals surface area contributed by atoms with Gasteiger partial charge in [0.2, 0.25) is 15.9 Å². The smallest absolute Gasteiger partial charge is 0.240 e. The first kappa shape index (κ1) is 20.5. The van der Waals surface area contributed by atoms with Gasteiger partial charge in [-0.3, -0.25) is 4.79 Å². The summed E-state index contributed by atoms with van der Waals surface area (Å²) in [6, 6.07) is 12.0. The molecular weight excluding hydrogens is 423 g/mol. The van der Waals surface area contributed by atoms with E-state index in [0.29, 0.717) is 6.42 Å². The Bertz CT molecular complexity index is 840. The molecule has 0 radical (unpaired) electrons. The molecule has 0 aliphatic rings. The summed E-state index contributed by atoms with van der Waals surface area (Å²) in [5, 5.41) is 2.90. The lowest BCUT2D eigenvalue weighted by atomic mass is 10.0. The van der Waals surface area contributed by atoms with Crippen LogP contribution in [0.4, 0.5) is 4.39 Å². The van der Waals surface area contributed by atoms with Crippen molar-refractivity contribution >= 4 is 31.9 Å². The van der Waals surface area contributed by atoms with E-state index in [1.54, 1.807) is 0 Å². The Labute approximate surface area is 161 Å². The third-order valence-electron chi connectivity index (χ3n) is 3.78. The van der Waals surface area contributed by atoms with Crippen molar-refractivity contribution in [1.82, 2.24) is 10.0 Å². The molecule has 26 heavy (non-hydrogen) atoms. The second-order valence-corrected chi connectivity index (χ2v) is 8.36. The topological polar surface area (TPSA) is 75.3 Å². The van der Waals surface area contributed by atoms with Crippen molar-refractivity contribution in [3.05, 3.63) is 64.4 Å². The van der Waals surface area contributed by atoms with E-state index in [0.717, 1.165) is 22.2 Å². The van der Waals surface area contributed by atoms with Gasteiger partial charge < -0.3 is 5.32 Å². The molecule has 140 valence electrons. The fraction of sp³-hybridized carbons (Fsp3) is 0.278. The molecule has 2 aromatic carbocycles. The zero-order valence-electron chi connectivity index (χ0n) is 14.2. The molecule has 0 fully saturated rings. The molecule has 0 aromatic heterocycles. The highest BCUT2D eigenvalue weighted by Gasteiger charge is 2.16. The SMILES string of the molecule is CCC(NC(=O)CCNS(=O)(=O)c1ccc(F)cc1)c1ccc(Br)cc1. The second kappa shape index (κ2) is 9.25. The van der Waals surface area contributed by atoms with Crippen molar-refractivity contribution in [2.24, 2.45) is 0 Å². The fourth-order valence-corrected chi connectivity index (χ4v) is 3.67. The highest BCUT2D eigenvalue weighted by molar-refractivity contribution is 9.10. The fourth-order valence-electron chi connectivity index (χ4n) is 2.38. The van der Waals surface area contributed by atoms with Crippen molar-refractivity contribution < 1.29 is 17.6 Å². The first-order valence-electron chi connectivity index (χ1n) is 8.12. The van der Waals surface area contributed by atoms with E-state index in [4.69, 9.17) is 0 Å². The molecule has 1 amide bonds. The maximum absolute atomic E-state index is 12.9. The largest absolute Gasteiger partial charge is 0.349 e. The van der Waals surface area contributed by atoms with Gasteiger partial charge in [0.1, 0.15) is 5.82 Å². The third-order valence-corrected chi connectivity index (χ3v) is 5.79. The Morgan fingerprint density at radius 1 is 1.12 bits per heavy atom. The number of hydrogen-bond acceptors (Lipinski definition) is 3. The van der Waals surface area contributed by atoms with Gasteiger partial charge in [-0.2, -0.15) is 0 Å². The summed E-state index contributed by atoms with van der Waals surface area (Å²) in [7, 11) is -3.77. The monoisotopic (exact) mass is 442 g/mol. The van der Waals surface area contributed by atoms with Crippen molar-refractivity contribution in [2.75, 3.05) is 6.54 Å². The summed E-state index contributed by atoms with van der Waals surface area (Å²) < 4.78 is 40.4. The molecule has 2 rings (SSSR count). The number of nitrogens with one attached hydrogen (secondary N) is 2. The van der Waals surface area contributed by atoms with Gasteiger partial charge in [-0.15, -0.1) is 0 Å². The van der Waals surface area contributed by atoms with Crippen LogP contribution in [0.1, 0.15) is 31.4 Å². The second-order valence-electron chi connectivity index (χ2n) is 5.68. The van der Waals surface area contributed by atoms with Gasteiger partial charge in [0.25, 0.3) is 0 Å². The number of amides is 1. The Morgan fingerprint density at radius 2 is 1.73 bits per heavy atom. The minimum atomic E-state index is -3.77. The first-order valence-corrected chi connectivity index (χ1v) is 10.4. The van der Waals surface area contributed by atoms with E-state index in [1.165, 1.54) is 12.1 Å². The number of rotatable bonds is 8. The number of hydrogen-bond donors (Lipinski definition) is 2. The molecule has 1 atom stereocenters. The van der Waals surface area contributed by atoms with Crippen molar-refractivity contribution in [3.8, 4) is 0 Å². The van der Waals surface area contributed by atoms with E-state index in [1.807, 2.05) is 31.2 Å². The van der Waals surface area contributed by atoms with E-state index < -0.39 is 15.8 Å². The molecule has 8 heteroatoms. The van der Waals surface area contributed by atoms with Crippen LogP contribution >= 0.6 is 15.9 Å². The molecule has 0 saturated heterocycles. The Balaban J connectivity index is 1.87. The van der Waals surface area contributed by atoms with E-state index >= 15 is 0 Å². The Morgan fingerprint density at radius 3 is 2.31 bits per heavy atom. The van der Waals surface area contributed by atoms with Crippen LogP contribution in [0.15, 0.2) is 57.9 Å². The number of benzene rings is 2. The molecule has 0 aliphatic carbocycles. The molecule has 2 aromatic rings. The van der Waals surface area contributed by atoms with Gasteiger partial charge >= 0.3 is 0 Å². The summed E-state index contributed by atoms with van der Waals surface area (Å²) in [5.74, 6) is -0.761. The predicted molar refractivity (Wildman–Crippen MR) is 102 cm³/mol. The highest BCUT2D eigenvalue weighted by atomic mass is 79.9. The minimum absolute atomic E-state index is 0.00739. The van der Waals surface area contributed by atoms with Crippen LogP contribution in [0.3, 0.4) is 0 Å². The maximum Gasteiger partial charge on any atom is 0.240 e. The zero-order valence-corrected chi connectivity index (χ0v) is 16.6. The standard InChI is InChI=1S/C18H20BrFN2O3S/c1-2-17(13-3-5-14(19)6-4-13)22-18(23)11-12-21-26(24,25)16-9-7-15(20)8-10-16/h3-10,17,21H,2,11-12H2,1H3,(H,22,23). The molecule has 5 nitrogen and oxygen atoms in total. The van der Waals surface area contributed by atoms with Crippen LogP contribution in [0.25, 0.3) is 0 Å². The molecule has 0 bridgehead atoms. The van der Waals surface area contributed by atoms with Crippen molar-refractivity contribution in [2.45, 2.75) is 30.7 Å². The molecule has 1 unspecified atom stereocenters. The lowest BCUT2D eigenvalue weighted by Gasteiger charge is -2.17.